The highest BCUT2D eigenvalue weighted by atomic mass is 16.5. The fourth-order valence-corrected chi connectivity index (χ4v) is 3.41. The number of nitrogens with zero attached hydrogens (tertiary/aromatic N) is 1. The summed E-state index contributed by atoms with van der Waals surface area (Å²) in [6.45, 7) is 5.81. The Bertz CT molecular complexity index is 401. The van der Waals surface area contributed by atoms with Crippen LogP contribution in [0.15, 0.2) is 0 Å². The summed E-state index contributed by atoms with van der Waals surface area (Å²) >= 11 is 0. The van der Waals surface area contributed by atoms with E-state index >= 15 is 0 Å². The summed E-state index contributed by atoms with van der Waals surface area (Å²) in [5, 5.41) is 18.8. The van der Waals surface area contributed by atoms with Crippen molar-refractivity contribution in [1.29, 1.82) is 0 Å². The second-order valence-corrected chi connectivity index (χ2v) is 6.67. The van der Waals surface area contributed by atoms with Crippen molar-refractivity contribution in [3.8, 4) is 0 Å². The van der Waals surface area contributed by atoms with Gasteiger partial charge in [-0.2, -0.15) is 0 Å². The van der Waals surface area contributed by atoms with E-state index in [1.807, 2.05) is 11.8 Å². The first kappa shape index (κ1) is 20.9. The summed E-state index contributed by atoms with van der Waals surface area (Å²) in [6.07, 6.45) is 7.44. The number of carboxylic acids is 2. The lowest BCUT2D eigenvalue weighted by Gasteiger charge is -2.34. The minimum atomic E-state index is -1.21. The van der Waals surface area contributed by atoms with E-state index in [9.17, 15) is 14.7 Å². The van der Waals surface area contributed by atoms with Gasteiger partial charge in [0.2, 0.25) is 5.72 Å². The van der Waals surface area contributed by atoms with E-state index in [0.29, 0.717) is 32.3 Å². The van der Waals surface area contributed by atoms with Crippen molar-refractivity contribution in [3.05, 3.63) is 0 Å². The van der Waals surface area contributed by atoms with Crippen LogP contribution in [0, 0.1) is 5.92 Å². The maximum absolute atomic E-state index is 11.9. The van der Waals surface area contributed by atoms with E-state index in [0.717, 1.165) is 38.8 Å². The standard InChI is InChI=1S/C18H33NO5/c1-3-5-6-7-12-19-13-9-11-18(19,17(22)23)24-14-8-10-15(4-2)16(20)21/h15H,3-14H2,1-2H3,(H,20,21)(H,22,23). The van der Waals surface area contributed by atoms with E-state index in [4.69, 9.17) is 9.84 Å². The molecule has 1 saturated heterocycles. The normalized spacial score (nSPS) is 22.6. The van der Waals surface area contributed by atoms with Crippen LogP contribution in [0.3, 0.4) is 0 Å². The smallest absolute Gasteiger partial charge is 0.351 e. The number of carboxylic acid groups (broad SMARTS) is 2. The zero-order valence-electron chi connectivity index (χ0n) is 15.1. The molecule has 1 heterocycles. The van der Waals surface area contributed by atoms with Crippen molar-refractivity contribution in [1.82, 2.24) is 4.90 Å². The van der Waals surface area contributed by atoms with Crippen LogP contribution in [0.1, 0.15) is 71.6 Å². The maximum atomic E-state index is 11.9. The third-order valence-corrected chi connectivity index (χ3v) is 4.95. The molecule has 1 rings (SSSR count). The van der Waals surface area contributed by atoms with Crippen LogP contribution >= 0.6 is 0 Å². The van der Waals surface area contributed by atoms with Crippen molar-refractivity contribution in [3.63, 3.8) is 0 Å². The summed E-state index contributed by atoms with van der Waals surface area (Å²) in [4.78, 5) is 24.8. The largest absolute Gasteiger partial charge is 0.481 e. The zero-order valence-corrected chi connectivity index (χ0v) is 15.1. The third-order valence-electron chi connectivity index (χ3n) is 4.95. The number of hydrogen-bond acceptors (Lipinski definition) is 4. The number of ether oxygens (including phenoxy) is 1. The molecule has 2 N–H and O–H groups in total. The molecule has 1 fully saturated rings. The molecule has 0 spiro atoms. The molecule has 0 bridgehead atoms. The second-order valence-electron chi connectivity index (χ2n) is 6.67. The molecule has 0 aromatic carbocycles. The molecule has 0 aromatic heterocycles. The van der Waals surface area contributed by atoms with Gasteiger partial charge in [-0.3, -0.25) is 9.69 Å². The molecule has 1 aliphatic rings. The van der Waals surface area contributed by atoms with E-state index < -0.39 is 17.7 Å². The van der Waals surface area contributed by atoms with Gasteiger partial charge in [0.05, 0.1) is 5.92 Å². The van der Waals surface area contributed by atoms with E-state index in [1.165, 1.54) is 6.42 Å². The van der Waals surface area contributed by atoms with Gasteiger partial charge in [-0.15, -0.1) is 0 Å². The van der Waals surface area contributed by atoms with Gasteiger partial charge in [0.15, 0.2) is 0 Å². The Hall–Kier alpha value is -1.14. The van der Waals surface area contributed by atoms with Gasteiger partial charge in [0.1, 0.15) is 0 Å². The highest BCUT2D eigenvalue weighted by molar-refractivity contribution is 5.77. The number of hydrogen-bond donors (Lipinski definition) is 2. The fourth-order valence-electron chi connectivity index (χ4n) is 3.41. The quantitative estimate of drug-likeness (QED) is 0.499. The molecular formula is C18H33NO5. The number of rotatable bonds is 13. The first-order valence-corrected chi connectivity index (χ1v) is 9.33. The SMILES string of the molecule is CCCCCCN1CCCC1(OCCCC(CC)C(=O)O)C(=O)O. The molecule has 0 aliphatic carbocycles. The second kappa shape index (κ2) is 10.7. The van der Waals surface area contributed by atoms with Crippen LogP contribution in [0.25, 0.3) is 0 Å². The van der Waals surface area contributed by atoms with Crippen LogP contribution in [0.2, 0.25) is 0 Å². The van der Waals surface area contributed by atoms with Gasteiger partial charge < -0.3 is 14.9 Å². The Morgan fingerprint density at radius 3 is 2.50 bits per heavy atom. The molecule has 6 heteroatoms. The summed E-state index contributed by atoms with van der Waals surface area (Å²) in [5.41, 5.74) is -1.21. The van der Waals surface area contributed by atoms with Gasteiger partial charge in [-0.05, 0) is 32.1 Å². The van der Waals surface area contributed by atoms with Crippen LogP contribution in [0.4, 0.5) is 0 Å². The van der Waals surface area contributed by atoms with Gasteiger partial charge >= 0.3 is 11.9 Å². The van der Waals surface area contributed by atoms with Crippen molar-refractivity contribution < 1.29 is 24.5 Å². The molecule has 0 amide bonds. The van der Waals surface area contributed by atoms with Crippen molar-refractivity contribution in [2.75, 3.05) is 19.7 Å². The van der Waals surface area contributed by atoms with Crippen LogP contribution < -0.4 is 0 Å². The van der Waals surface area contributed by atoms with Gasteiger partial charge in [0, 0.05) is 26.1 Å². The summed E-state index contributed by atoms with van der Waals surface area (Å²) in [7, 11) is 0. The van der Waals surface area contributed by atoms with Crippen molar-refractivity contribution in [2.24, 2.45) is 5.92 Å². The number of carbonyl (C=O) groups is 2. The average molecular weight is 343 g/mol. The topological polar surface area (TPSA) is 87.1 Å². The first-order valence-electron chi connectivity index (χ1n) is 9.33. The van der Waals surface area contributed by atoms with Crippen LogP contribution in [0.5, 0.6) is 0 Å². The predicted octanol–water partition coefficient (Wildman–Crippen LogP) is 3.35. The molecule has 6 nitrogen and oxygen atoms in total. The van der Waals surface area contributed by atoms with Crippen LogP contribution in [-0.4, -0.2) is 52.5 Å². The molecule has 2 atom stereocenters. The van der Waals surface area contributed by atoms with Gasteiger partial charge in [-0.25, -0.2) is 4.79 Å². The zero-order chi connectivity index (χ0) is 18.0. The Kier molecular flexibility index (Phi) is 9.29. The molecule has 0 saturated carbocycles. The Morgan fingerprint density at radius 2 is 1.92 bits per heavy atom. The lowest BCUT2D eigenvalue weighted by atomic mass is 10.0. The van der Waals surface area contributed by atoms with E-state index in [1.54, 1.807) is 0 Å². The minimum Gasteiger partial charge on any atom is -0.481 e. The lowest BCUT2D eigenvalue weighted by molar-refractivity contribution is -0.191. The number of aliphatic carboxylic acids is 2. The van der Waals surface area contributed by atoms with E-state index in [2.05, 4.69) is 6.92 Å². The molecule has 24 heavy (non-hydrogen) atoms. The van der Waals surface area contributed by atoms with Crippen molar-refractivity contribution in [2.45, 2.75) is 77.4 Å². The highest BCUT2D eigenvalue weighted by Crippen LogP contribution is 2.32. The monoisotopic (exact) mass is 343 g/mol. The Balaban J connectivity index is 2.51. The lowest BCUT2D eigenvalue weighted by Crippen LogP contribution is -2.53. The molecule has 0 radical (unpaired) electrons. The third kappa shape index (κ3) is 5.74. The number of likely N-dealkylation sites (tertiary alicyclic amines) is 1. The Labute approximate surface area is 145 Å². The Morgan fingerprint density at radius 1 is 1.17 bits per heavy atom. The van der Waals surface area contributed by atoms with Crippen molar-refractivity contribution >= 4 is 11.9 Å². The highest BCUT2D eigenvalue weighted by Gasteiger charge is 2.48. The molecule has 0 aromatic rings. The summed E-state index contributed by atoms with van der Waals surface area (Å²) < 4.78 is 5.83. The average Bonchev–Trinajstić information content (AvgIpc) is 2.95. The molecular weight excluding hydrogens is 310 g/mol. The molecule has 140 valence electrons. The maximum Gasteiger partial charge on any atom is 0.351 e. The van der Waals surface area contributed by atoms with Gasteiger partial charge in [0.25, 0.3) is 0 Å². The number of unbranched alkanes of at least 4 members (excludes halogenated alkanes) is 3. The molecule has 2 unspecified atom stereocenters. The molecule has 1 aliphatic heterocycles. The van der Waals surface area contributed by atoms with E-state index in [-0.39, 0.29) is 5.92 Å². The minimum absolute atomic E-state index is 0.293. The van der Waals surface area contributed by atoms with Crippen LogP contribution in [-0.2, 0) is 14.3 Å². The summed E-state index contributed by atoms with van der Waals surface area (Å²) in [5.74, 6) is -2.08. The fraction of sp³-hybridized carbons (Fsp3) is 0.889. The predicted molar refractivity (Wildman–Crippen MR) is 91.9 cm³/mol. The van der Waals surface area contributed by atoms with Gasteiger partial charge in [-0.1, -0.05) is 33.1 Å². The summed E-state index contributed by atoms with van der Waals surface area (Å²) in [6, 6.07) is 0. The first-order chi connectivity index (χ1) is 11.5.